The van der Waals surface area contributed by atoms with E-state index < -0.39 is 0 Å². The first-order valence-corrected chi connectivity index (χ1v) is 4.47. The summed E-state index contributed by atoms with van der Waals surface area (Å²) in [6.07, 6.45) is 0. The number of aromatic nitrogens is 2. The first-order chi connectivity index (χ1) is 6.84. The Morgan fingerprint density at radius 1 is 1.00 bits per heavy atom. The number of aromatic amines is 1. The normalized spacial score (nSPS) is 11.1. The Hall–Kier alpha value is -2.03. The summed E-state index contributed by atoms with van der Waals surface area (Å²) in [6, 6.07) is 11.8. The highest BCUT2D eigenvalue weighted by Crippen LogP contribution is 2.23. The summed E-state index contributed by atoms with van der Waals surface area (Å²) in [7, 11) is 0. The lowest BCUT2D eigenvalue weighted by Crippen LogP contribution is -1.87. The highest BCUT2D eigenvalue weighted by atomic mass is 14.9. The lowest BCUT2D eigenvalue weighted by atomic mass is 10.2. The van der Waals surface area contributed by atoms with Crippen molar-refractivity contribution in [2.45, 2.75) is 0 Å². The predicted molar refractivity (Wildman–Crippen MR) is 58.0 cm³/mol. The first-order valence-electron chi connectivity index (χ1n) is 4.47. The molecule has 0 saturated carbocycles. The molecular formula is C11H9N3. The molecule has 0 atom stereocenters. The lowest BCUT2D eigenvalue weighted by Gasteiger charge is -1.91. The van der Waals surface area contributed by atoms with Crippen molar-refractivity contribution in [1.29, 1.82) is 0 Å². The van der Waals surface area contributed by atoms with Gasteiger partial charge in [-0.2, -0.15) is 0 Å². The molecule has 0 unspecified atom stereocenters. The zero-order valence-corrected chi connectivity index (χ0v) is 7.49. The van der Waals surface area contributed by atoms with Gasteiger partial charge in [-0.3, -0.25) is 0 Å². The van der Waals surface area contributed by atoms with Crippen LogP contribution in [0, 0.1) is 0 Å². The van der Waals surface area contributed by atoms with Gasteiger partial charge in [0.05, 0.1) is 11.0 Å². The van der Waals surface area contributed by atoms with Crippen LogP contribution in [-0.4, -0.2) is 9.97 Å². The summed E-state index contributed by atoms with van der Waals surface area (Å²) in [6.45, 7) is 0. The molecule has 3 aromatic rings. The number of hydrogen-bond donors (Lipinski definition) is 2. The molecule has 0 radical (unpaired) electrons. The zero-order chi connectivity index (χ0) is 9.54. The van der Waals surface area contributed by atoms with Gasteiger partial charge in [0, 0.05) is 10.9 Å². The number of H-pyrrole nitrogens is 1. The molecule has 0 aliphatic rings. The Morgan fingerprint density at radius 2 is 1.86 bits per heavy atom. The van der Waals surface area contributed by atoms with Crippen LogP contribution in [-0.2, 0) is 0 Å². The maximum atomic E-state index is 5.65. The molecule has 3 N–H and O–H groups in total. The molecule has 3 nitrogen and oxygen atoms in total. The Bertz CT molecular complexity index is 610. The number of anilines is 1. The fourth-order valence-electron chi connectivity index (χ4n) is 1.72. The van der Waals surface area contributed by atoms with Crippen molar-refractivity contribution < 1.29 is 0 Å². The van der Waals surface area contributed by atoms with Gasteiger partial charge in [0.25, 0.3) is 0 Å². The van der Waals surface area contributed by atoms with E-state index in [1.807, 2.05) is 30.3 Å². The van der Waals surface area contributed by atoms with Gasteiger partial charge in [0.1, 0.15) is 5.82 Å². The first kappa shape index (κ1) is 7.38. The molecule has 0 amide bonds. The minimum Gasteiger partial charge on any atom is -0.384 e. The second kappa shape index (κ2) is 2.48. The van der Waals surface area contributed by atoms with Gasteiger partial charge in [-0.05, 0) is 18.2 Å². The number of pyridine rings is 1. The summed E-state index contributed by atoms with van der Waals surface area (Å²) in [5.41, 5.74) is 8.72. The zero-order valence-electron chi connectivity index (χ0n) is 7.49. The van der Waals surface area contributed by atoms with Gasteiger partial charge in [0.2, 0.25) is 0 Å². The van der Waals surface area contributed by atoms with E-state index in [0.29, 0.717) is 5.82 Å². The third kappa shape index (κ3) is 0.893. The molecule has 14 heavy (non-hydrogen) atoms. The van der Waals surface area contributed by atoms with E-state index in [1.54, 1.807) is 6.07 Å². The molecule has 2 aromatic heterocycles. The van der Waals surface area contributed by atoms with Gasteiger partial charge < -0.3 is 10.7 Å². The van der Waals surface area contributed by atoms with Gasteiger partial charge in [0.15, 0.2) is 0 Å². The van der Waals surface area contributed by atoms with Crippen LogP contribution in [0.15, 0.2) is 36.4 Å². The second-order valence-electron chi connectivity index (χ2n) is 3.30. The van der Waals surface area contributed by atoms with Crippen LogP contribution in [0.2, 0.25) is 0 Å². The molecule has 3 rings (SSSR count). The van der Waals surface area contributed by atoms with Crippen molar-refractivity contribution in [2.24, 2.45) is 0 Å². The largest absolute Gasteiger partial charge is 0.384 e. The van der Waals surface area contributed by atoms with Crippen LogP contribution in [0.3, 0.4) is 0 Å². The predicted octanol–water partition coefficient (Wildman–Crippen LogP) is 2.30. The fourth-order valence-corrected chi connectivity index (χ4v) is 1.72. The second-order valence-corrected chi connectivity index (χ2v) is 3.30. The quantitative estimate of drug-likeness (QED) is 0.561. The summed E-state index contributed by atoms with van der Waals surface area (Å²) < 4.78 is 0. The smallest absolute Gasteiger partial charge is 0.124 e. The van der Waals surface area contributed by atoms with Gasteiger partial charge in [-0.1, -0.05) is 18.2 Å². The maximum Gasteiger partial charge on any atom is 0.124 e. The van der Waals surface area contributed by atoms with Crippen LogP contribution in [0.4, 0.5) is 5.82 Å². The molecular weight excluding hydrogens is 174 g/mol. The Labute approximate surface area is 80.6 Å². The summed E-state index contributed by atoms with van der Waals surface area (Å²) in [5.74, 6) is 0.558. The van der Waals surface area contributed by atoms with E-state index in [9.17, 15) is 0 Å². The lowest BCUT2D eigenvalue weighted by molar-refractivity contribution is 1.42. The Kier molecular flexibility index (Phi) is 1.31. The molecule has 0 spiro atoms. The third-order valence-corrected chi connectivity index (χ3v) is 2.37. The average Bonchev–Trinajstić information content (AvgIpc) is 2.56. The van der Waals surface area contributed by atoms with Crippen molar-refractivity contribution >= 4 is 27.8 Å². The minimum absolute atomic E-state index is 0.558. The molecule has 0 bridgehead atoms. The maximum absolute atomic E-state index is 5.65. The number of hydrogen-bond acceptors (Lipinski definition) is 2. The van der Waals surface area contributed by atoms with Crippen molar-refractivity contribution in [3.8, 4) is 0 Å². The van der Waals surface area contributed by atoms with Crippen LogP contribution in [0.1, 0.15) is 0 Å². The molecule has 0 aliphatic heterocycles. The highest BCUT2D eigenvalue weighted by molar-refractivity contribution is 6.05. The molecule has 0 saturated heterocycles. The molecule has 0 aliphatic carbocycles. The third-order valence-electron chi connectivity index (χ3n) is 2.37. The van der Waals surface area contributed by atoms with E-state index in [4.69, 9.17) is 5.73 Å². The Balaban J connectivity index is 2.58. The number of para-hydroxylation sites is 1. The van der Waals surface area contributed by atoms with Crippen molar-refractivity contribution in [1.82, 2.24) is 9.97 Å². The highest BCUT2D eigenvalue weighted by Gasteiger charge is 2.03. The SMILES string of the molecule is Nc1ccc2[nH]c3ccccc3c2n1. The molecule has 68 valence electrons. The van der Waals surface area contributed by atoms with E-state index in [1.165, 1.54) is 0 Å². The summed E-state index contributed by atoms with van der Waals surface area (Å²) >= 11 is 0. The number of nitrogens with zero attached hydrogens (tertiary/aromatic N) is 1. The number of rotatable bonds is 0. The number of nitrogens with one attached hydrogen (secondary N) is 1. The van der Waals surface area contributed by atoms with Crippen molar-refractivity contribution in [2.75, 3.05) is 5.73 Å². The van der Waals surface area contributed by atoms with Crippen LogP contribution < -0.4 is 5.73 Å². The molecule has 3 heteroatoms. The molecule has 1 aromatic carbocycles. The summed E-state index contributed by atoms with van der Waals surface area (Å²) in [5, 5.41) is 1.12. The van der Waals surface area contributed by atoms with Crippen LogP contribution in [0.25, 0.3) is 21.9 Å². The van der Waals surface area contributed by atoms with Crippen LogP contribution in [0.5, 0.6) is 0 Å². The molecule has 2 heterocycles. The molecule has 0 fully saturated rings. The monoisotopic (exact) mass is 183 g/mol. The topological polar surface area (TPSA) is 54.7 Å². The number of nitrogen functional groups attached to an aromatic ring is 1. The Morgan fingerprint density at radius 3 is 2.79 bits per heavy atom. The van der Waals surface area contributed by atoms with Gasteiger partial charge in [-0.25, -0.2) is 4.98 Å². The number of fused-ring (bicyclic) bond motifs is 3. The van der Waals surface area contributed by atoms with E-state index in [2.05, 4.69) is 9.97 Å². The van der Waals surface area contributed by atoms with E-state index in [-0.39, 0.29) is 0 Å². The average molecular weight is 183 g/mol. The fraction of sp³-hybridized carbons (Fsp3) is 0. The van der Waals surface area contributed by atoms with Crippen molar-refractivity contribution in [3.63, 3.8) is 0 Å². The van der Waals surface area contributed by atoms with Crippen molar-refractivity contribution in [3.05, 3.63) is 36.4 Å². The number of benzene rings is 1. The van der Waals surface area contributed by atoms with Gasteiger partial charge in [-0.15, -0.1) is 0 Å². The van der Waals surface area contributed by atoms with E-state index in [0.717, 1.165) is 21.9 Å². The summed E-state index contributed by atoms with van der Waals surface area (Å²) in [4.78, 5) is 7.60. The van der Waals surface area contributed by atoms with E-state index >= 15 is 0 Å². The minimum atomic E-state index is 0.558. The standard InChI is InChI=1S/C11H9N3/c12-10-6-5-9-11(14-10)7-3-1-2-4-8(7)13-9/h1-6,13H,(H2,12,14). The van der Waals surface area contributed by atoms with Gasteiger partial charge >= 0.3 is 0 Å². The number of nitrogens with two attached hydrogens (primary N) is 1. The van der Waals surface area contributed by atoms with Crippen LogP contribution >= 0.6 is 0 Å².